The topological polar surface area (TPSA) is 54.2 Å². The first-order valence-electron chi connectivity index (χ1n) is 6.11. The van der Waals surface area contributed by atoms with Crippen molar-refractivity contribution in [1.29, 1.82) is 0 Å². The lowest BCUT2D eigenvalue weighted by Gasteiger charge is -2.34. The van der Waals surface area contributed by atoms with Gasteiger partial charge in [0.2, 0.25) is 11.8 Å². The Bertz CT molecular complexity index is 507. The fourth-order valence-corrected chi connectivity index (χ4v) is 1.94. The third-order valence-corrected chi connectivity index (χ3v) is 3.26. The van der Waals surface area contributed by atoms with Crippen LogP contribution in [-0.2, 0) is 6.54 Å². The summed E-state index contributed by atoms with van der Waals surface area (Å²) in [5, 5.41) is 11.4. The lowest BCUT2D eigenvalue weighted by molar-refractivity contribution is 0.160. The molecular formula is C13H16N4O. The maximum atomic E-state index is 5.67. The van der Waals surface area contributed by atoms with Gasteiger partial charge >= 0.3 is 0 Å². The normalized spacial score (nSPS) is 15.9. The van der Waals surface area contributed by atoms with E-state index < -0.39 is 0 Å². The first-order chi connectivity index (χ1) is 8.83. The molecule has 0 bridgehead atoms. The Morgan fingerprint density at radius 3 is 2.72 bits per heavy atom. The van der Waals surface area contributed by atoms with Crippen molar-refractivity contribution in [3.63, 3.8) is 0 Å². The second kappa shape index (κ2) is 4.88. The Hall–Kier alpha value is -1.72. The van der Waals surface area contributed by atoms with Gasteiger partial charge in [0.25, 0.3) is 0 Å². The van der Waals surface area contributed by atoms with E-state index in [1.54, 1.807) is 0 Å². The Balaban J connectivity index is 1.69. The monoisotopic (exact) mass is 244 g/mol. The van der Waals surface area contributed by atoms with Crippen molar-refractivity contribution in [3.05, 3.63) is 36.2 Å². The number of hydrogen-bond acceptors (Lipinski definition) is 5. The van der Waals surface area contributed by atoms with Crippen LogP contribution in [0.4, 0.5) is 0 Å². The van der Waals surface area contributed by atoms with Crippen LogP contribution in [-0.4, -0.2) is 41.3 Å². The van der Waals surface area contributed by atoms with Crippen molar-refractivity contribution < 1.29 is 4.42 Å². The highest BCUT2D eigenvalue weighted by Gasteiger charge is 2.22. The van der Waals surface area contributed by atoms with Crippen molar-refractivity contribution >= 4 is 0 Å². The van der Waals surface area contributed by atoms with Gasteiger partial charge in [-0.3, -0.25) is 4.90 Å². The maximum absolute atomic E-state index is 5.67. The lowest BCUT2D eigenvalue weighted by Crippen LogP contribution is -2.55. The van der Waals surface area contributed by atoms with E-state index in [0.29, 0.717) is 24.4 Å². The first kappa shape index (κ1) is 11.4. The minimum atomic E-state index is 0.581. The van der Waals surface area contributed by atoms with Crippen LogP contribution in [0.2, 0.25) is 0 Å². The van der Waals surface area contributed by atoms with E-state index in [1.165, 1.54) is 0 Å². The molecule has 0 spiro atoms. The molecule has 2 heterocycles. The van der Waals surface area contributed by atoms with E-state index in [1.807, 2.05) is 30.3 Å². The Kier molecular flexibility index (Phi) is 3.08. The van der Waals surface area contributed by atoms with Crippen molar-refractivity contribution in [2.24, 2.45) is 0 Å². The van der Waals surface area contributed by atoms with Crippen molar-refractivity contribution in [1.82, 2.24) is 20.4 Å². The van der Waals surface area contributed by atoms with E-state index in [-0.39, 0.29) is 0 Å². The summed E-state index contributed by atoms with van der Waals surface area (Å²) in [7, 11) is 2.08. The highest BCUT2D eigenvalue weighted by molar-refractivity contribution is 5.51. The van der Waals surface area contributed by atoms with E-state index in [0.717, 1.165) is 18.7 Å². The number of nitrogens with zero attached hydrogens (tertiary/aromatic N) is 3. The molecule has 0 amide bonds. The molecule has 3 rings (SSSR count). The molecule has 1 N–H and O–H groups in total. The molecule has 5 heteroatoms. The van der Waals surface area contributed by atoms with Crippen LogP contribution in [0.15, 0.2) is 34.7 Å². The molecular weight excluding hydrogens is 228 g/mol. The zero-order chi connectivity index (χ0) is 12.4. The van der Waals surface area contributed by atoms with Gasteiger partial charge in [0.1, 0.15) is 0 Å². The van der Waals surface area contributed by atoms with Gasteiger partial charge in [-0.05, 0) is 19.2 Å². The van der Waals surface area contributed by atoms with Crippen LogP contribution in [0.25, 0.3) is 11.5 Å². The Morgan fingerprint density at radius 1 is 1.28 bits per heavy atom. The van der Waals surface area contributed by atoms with Crippen LogP contribution in [0.5, 0.6) is 0 Å². The van der Waals surface area contributed by atoms with Crippen molar-refractivity contribution in [3.8, 4) is 11.5 Å². The predicted octanol–water partition coefficient (Wildman–Crippen LogP) is 1.14. The summed E-state index contributed by atoms with van der Waals surface area (Å²) in [5.41, 5.74) is 0.962. The number of benzene rings is 1. The molecule has 1 saturated heterocycles. The molecule has 0 saturated carbocycles. The summed E-state index contributed by atoms with van der Waals surface area (Å²) in [6, 6.07) is 10.4. The Labute approximate surface area is 106 Å². The van der Waals surface area contributed by atoms with Gasteiger partial charge in [0, 0.05) is 24.7 Å². The Morgan fingerprint density at radius 2 is 2.06 bits per heavy atom. The molecule has 2 aromatic rings. The smallest absolute Gasteiger partial charge is 0.247 e. The van der Waals surface area contributed by atoms with Crippen LogP contribution >= 0.6 is 0 Å². The summed E-state index contributed by atoms with van der Waals surface area (Å²) in [4.78, 5) is 2.23. The zero-order valence-corrected chi connectivity index (χ0v) is 10.3. The number of likely N-dealkylation sites (N-methyl/N-ethyl adjacent to an activating group) is 1. The SMILES string of the molecule is CN(Cc1nnc(-c2ccccc2)o1)C1CNC1. The average Bonchev–Trinajstić information content (AvgIpc) is 2.76. The van der Waals surface area contributed by atoms with Crippen LogP contribution in [0.1, 0.15) is 5.89 Å². The minimum absolute atomic E-state index is 0.581. The molecule has 1 aliphatic heterocycles. The molecule has 0 unspecified atom stereocenters. The summed E-state index contributed by atoms with van der Waals surface area (Å²) < 4.78 is 5.67. The molecule has 0 atom stereocenters. The number of nitrogens with one attached hydrogen (secondary N) is 1. The average molecular weight is 244 g/mol. The molecule has 94 valence electrons. The maximum Gasteiger partial charge on any atom is 0.247 e. The summed E-state index contributed by atoms with van der Waals surface area (Å²) in [5.74, 6) is 1.26. The molecule has 0 aliphatic carbocycles. The fourth-order valence-electron chi connectivity index (χ4n) is 1.94. The summed E-state index contributed by atoms with van der Waals surface area (Å²) in [6.07, 6.45) is 0. The second-order valence-corrected chi connectivity index (χ2v) is 4.59. The van der Waals surface area contributed by atoms with Crippen LogP contribution in [0.3, 0.4) is 0 Å². The molecule has 1 aliphatic rings. The standard InChI is InChI=1S/C13H16N4O/c1-17(11-7-14-8-11)9-12-15-16-13(18-12)10-5-3-2-4-6-10/h2-6,11,14H,7-9H2,1H3. The van der Waals surface area contributed by atoms with E-state index in [9.17, 15) is 0 Å². The van der Waals surface area contributed by atoms with Crippen molar-refractivity contribution in [2.45, 2.75) is 12.6 Å². The third-order valence-electron chi connectivity index (χ3n) is 3.26. The van der Waals surface area contributed by atoms with Gasteiger partial charge in [0.05, 0.1) is 6.54 Å². The van der Waals surface area contributed by atoms with Gasteiger partial charge in [0.15, 0.2) is 0 Å². The molecule has 0 radical (unpaired) electrons. The third kappa shape index (κ3) is 2.27. The largest absolute Gasteiger partial charge is 0.419 e. The molecule has 18 heavy (non-hydrogen) atoms. The van der Waals surface area contributed by atoms with Gasteiger partial charge in [-0.25, -0.2) is 0 Å². The number of hydrogen-bond donors (Lipinski definition) is 1. The lowest BCUT2D eigenvalue weighted by atomic mass is 10.1. The zero-order valence-electron chi connectivity index (χ0n) is 10.3. The minimum Gasteiger partial charge on any atom is -0.419 e. The van der Waals surface area contributed by atoms with E-state index in [4.69, 9.17) is 4.42 Å². The highest BCUT2D eigenvalue weighted by atomic mass is 16.4. The van der Waals surface area contributed by atoms with Crippen LogP contribution in [0, 0.1) is 0 Å². The van der Waals surface area contributed by atoms with E-state index in [2.05, 4.69) is 27.5 Å². The van der Waals surface area contributed by atoms with Gasteiger partial charge in [-0.2, -0.15) is 0 Å². The van der Waals surface area contributed by atoms with E-state index >= 15 is 0 Å². The van der Waals surface area contributed by atoms with Crippen LogP contribution < -0.4 is 5.32 Å². The predicted molar refractivity (Wildman–Crippen MR) is 67.9 cm³/mol. The summed E-state index contributed by atoms with van der Waals surface area (Å²) >= 11 is 0. The summed E-state index contributed by atoms with van der Waals surface area (Å²) in [6.45, 7) is 2.78. The quantitative estimate of drug-likeness (QED) is 0.874. The first-order valence-corrected chi connectivity index (χ1v) is 6.11. The molecule has 5 nitrogen and oxygen atoms in total. The number of rotatable bonds is 4. The highest BCUT2D eigenvalue weighted by Crippen LogP contribution is 2.18. The number of aromatic nitrogens is 2. The van der Waals surface area contributed by atoms with Gasteiger partial charge in [-0.15, -0.1) is 10.2 Å². The second-order valence-electron chi connectivity index (χ2n) is 4.59. The van der Waals surface area contributed by atoms with Gasteiger partial charge < -0.3 is 9.73 Å². The van der Waals surface area contributed by atoms with Gasteiger partial charge in [-0.1, -0.05) is 18.2 Å². The molecule has 1 aromatic heterocycles. The molecule has 1 aromatic carbocycles. The fraction of sp³-hybridized carbons (Fsp3) is 0.385. The molecule has 1 fully saturated rings. The van der Waals surface area contributed by atoms with Crippen molar-refractivity contribution in [2.75, 3.05) is 20.1 Å².